The molecule has 0 aromatic heterocycles. The van der Waals surface area contributed by atoms with Crippen LogP contribution in [0, 0.1) is 17.0 Å². The van der Waals surface area contributed by atoms with Crippen LogP contribution in [-0.2, 0) is 11.3 Å². The van der Waals surface area contributed by atoms with Crippen LogP contribution in [0.2, 0.25) is 0 Å². The van der Waals surface area contributed by atoms with Gasteiger partial charge >= 0.3 is 5.69 Å². The third-order valence-corrected chi connectivity index (χ3v) is 5.08. The van der Waals surface area contributed by atoms with E-state index in [9.17, 15) is 19.7 Å². The topological polar surface area (TPSA) is 89.8 Å². The predicted molar refractivity (Wildman–Crippen MR) is 102 cm³/mol. The zero-order chi connectivity index (χ0) is 19.6. The van der Waals surface area contributed by atoms with Gasteiger partial charge in [-0.25, -0.2) is 0 Å². The SMILES string of the molecule is COc1c(/C=C2\SC(=O)N(Cc3ccccc3C)C2=O)cccc1[N+](=O)[O-]. The summed E-state index contributed by atoms with van der Waals surface area (Å²) in [4.78, 5) is 37.0. The van der Waals surface area contributed by atoms with Gasteiger partial charge in [-0.1, -0.05) is 36.4 Å². The molecule has 138 valence electrons. The average Bonchev–Trinajstić information content (AvgIpc) is 2.90. The maximum Gasteiger partial charge on any atom is 0.311 e. The molecule has 2 aromatic carbocycles. The van der Waals surface area contributed by atoms with Crippen molar-refractivity contribution < 1.29 is 19.2 Å². The highest BCUT2D eigenvalue weighted by atomic mass is 32.2. The first kappa shape index (κ1) is 18.7. The molecule has 27 heavy (non-hydrogen) atoms. The molecule has 0 saturated carbocycles. The fourth-order valence-electron chi connectivity index (χ4n) is 2.76. The zero-order valence-electron chi connectivity index (χ0n) is 14.7. The van der Waals surface area contributed by atoms with E-state index in [4.69, 9.17) is 4.74 Å². The Morgan fingerprint density at radius 2 is 1.93 bits per heavy atom. The van der Waals surface area contributed by atoms with Crippen LogP contribution in [0.5, 0.6) is 5.75 Å². The summed E-state index contributed by atoms with van der Waals surface area (Å²) < 4.78 is 5.14. The molecule has 7 nitrogen and oxygen atoms in total. The van der Waals surface area contributed by atoms with Gasteiger partial charge in [0.1, 0.15) is 0 Å². The number of hydrogen-bond donors (Lipinski definition) is 0. The van der Waals surface area contributed by atoms with Crippen molar-refractivity contribution in [3.05, 3.63) is 74.2 Å². The first-order valence-corrected chi connectivity index (χ1v) is 8.85. The van der Waals surface area contributed by atoms with Crippen molar-refractivity contribution in [2.45, 2.75) is 13.5 Å². The number of aryl methyl sites for hydroxylation is 1. The summed E-state index contributed by atoms with van der Waals surface area (Å²) in [6.45, 7) is 2.10. The Balaban J connectivity index is 1.92. The minimum absolute atomic E-state index is 0.0493. The maximum atomic E-state index is 12.7. The quantitative estimate of drug-likeness (QED) is 0.437. The average molecular weight is 384 g/mol. The van der Waals surface area contributed by atoms with Gasteiger partial charge < -0.3 is 4.74 Å². The third-order valence-electron chi connectivity index (χ3n) is 4.18. The van der Waals surface area contributed by atoms with E-state index in [-0.39, 0.29) is 28.1 Å². The first-order valence-electron chi connectivity index (χ1n) is 8.03. The number of carbonyl (C=O) groups excluding carboxylic acids is 2. The van der Waals surface area contributed by atoms with Gasteiger partial charge in [0.15, 0.2) is 0 Å². The molecule has 1 heterocycles. The van der Waals surface area contributed by atoms with Crippen LogP contribution in [0.15, 0.2) is 47.4 Å². The number of carbonyl (C=O) groups is 2. The van der Waals surface area contributed by atoms with Gasteiger partial charge in [-0.2, -0.15) is 0 Å². The lowest BCUT2D eigenvalue weighted by Crippen LogP contribution is -2.27. The number of imide groups is 1. The smallest absolute Gasteiger partial charge is 0.311 e. The number of nitrogens with zero attached hydrogens (tertiary/aromatic N) is 2. The second-order valence-electron chi connectivity index (χ2n) is 5.85. The van der Waals surface area contributed by atoms with Gasteiger partial charge in [-0.05, 0) is 35.9 Å². The number of benzene rings is 2. The molecule has 3 rings (SSSR count). The van der Waals surface area contributed by atoms with Crippen LogP contribution in [0.1, 0.15) is 16.7 Å². The molecule has 8 heteroatoms. The van der Waals surface area contributed by atoms with E-state index in [2.05, 4.69) is 0 Å². The number of ether oxygens (including phenoxy) is 1. The molecule has 0 bridgehead atoms. The summed E-state index contributed by atoms with van der Waals surface area (Å²) in [6.07, 6.45) is 1.45. The van der Waals surface area contributed by atoms with Gasteiger partial charge in [0, 0.05) is 11.6 Å². The molecular weight excluding hydrogens is 368 g/mol. The van der Waals surface area contributed by atoms with Gasteiger partial charge in [0.25, 0.3) is 11.1 Å². The zero-order valence-corrected chi connectivity index (χ0v) is 15.5. The molecule has 1 aliphatic heterocycles. The van der Waals surface area contributed by atoms with Crippen molar-refractivity contribution in [2.24, 2.45) is 0 Å². The highest BCUT2D eigenvalue weighted by Gasteiger charge is 2.35. The minimum Gasteiger partial charge on any atom is -0.490 e. The molecule has 0 atom stereocenters. The molecule has 2 amide bonds. The Hall–Kier alpha value is -3.13. The van der Waals surface area contributed by atoms with E-state index in [1.807, 2.05) is 31.2 Å². The van der Waals surface area contributed by atoms with Crippen LogP contribution in [0.25, 0.3) is 6.08 Å². The standard InChI is InChI=1S/C19H16N2O5S/c1-12-6-3-4-7-14(12)11-20-18(22)16(27-19(20)23)10-13-8-5-9-15(21(24)25)17(13)26-2/h3-10H,11H2,1-2H3/b16-10-. The molecular formula is C19H16N2O5S. The normalized spacial score (nSPS) is 15.5. The van der Waals surface area contributed by atoms with Gasteiger partial charge in [-0.15, -0.1) is 0 Å². The fraction of sp³-hybridized carbons (Fsp3) is 0.158. The molecule has 1 saturated heterocycles. The lowest BCUT2D eigenvalue weighted by atomic mass is 10.1. The Bertz CT molecular complexity index is 970. The molecule has 0 N–H and O–H groups in total. The van der Waals surface area contributed by atoms with Crippen molar-refractivity contribution in [1.82, 2.24) is 4.90 Å². The minimum atomic E-state index is -0.555. The number of rotatable bonds is 5. The Morgan fingerprint density at radius 3 is 2.59 bits per heavy atom. The van der Waals surface area contributed by atoms with Crippen molar-refractivity contribution in [3.63, 3.8) is 0 Å². The molecule has 1 aliphatic rings. The van der Waals surface area contributed by atoms with Gasteiger partial charge in [-0.3, -0.25) is 24.6 Å². The van der Waals surface area contributed by atoms with E-state index in [1.54, 1.807) is 6.07 Å². The van der Waals surface area contributed by atoms with Gasteiger partial charge in [0.05, 0.1) is 23.5 Å². The van der Waals surface area contributed by atoms with Crippen molar-refractivity contribution >= 4 is 34.7 Å². The highest BCUT2D eigenvalue weighted by Crippen LogP contribution is 2.37. The fourth-order valence-corrected chi connectivity index (χ4v) is 3.59. The largest absolute Gasteiger partial charge is 0.490 e. The second-order valence-corrected chi connectivity index (χ2v) is 6.84. The highest BCUT2D eigenvalue weighted by molar-refractivity contribution is 8.18. The summed E-state index contributed by atoms with van der Waals surface area (Å²) in [7, 11) is 1.32. The van der Waals surface area contributed by atoms with Crippen LogP contribution < -0.4 is 4.74 Å². The second kappa shape index (κ2) is 7.63. The number of hydrogen-bond acceptors (Lipinski definition) is 6. The number of para-hydroxylation sites is 1. The summed E-state index contributed by atoms with van der Waals surface area (Å²) in [6, 6.07) is 11.9. The number of amides is 2. The van der Waals surface area contributed by atoms with E-state index in [1.165, 1.54) is 30.2 Å². The summed E-state index contributed by atoms with van der Waals surface area (Å²) in [5, 5.41) is 10.8. The number of methoxy groups -OCH3 is 1. The number of nitro groups is 1. The van der Waals surface area contributed by atoms with Crippen molar-refractivity contribution in [2.75, 3.05) is 7.11 Å². The predicted octanol–water partition coefficient (Wildman–Crippen LogP) is 4.15. The first-order chi connectivity index (χ1) is 12.9. The Morgan fingerprint density at radius 1 is 1.19 bits per heavy atom. The van der Waals surface area contributed by atoms with Crippen molar-refractivity contribution in [3.8, 4) is 5.75 Å². The van der Waals surface area contributed by atoms with E-state index >= 15 is 0 Å². The van der Waals surface area contributed by atoms with E-state index in [0.717, 1.165) is 22.9 Å². The maximum absolute atomic E-state index is 12.7. The lowest BCUT2D eigenvalue weighted by Gasteiger charge is -2.14. The molecule has 0 aliphatic carbocycles. The molecule has 0 radical (unpaired) electrons. The Labute approximate surface area is 159 Å². The molecule has 2 aromatic rings. The van der Waals surface area contributed by atoms with E-state index < -0.39 is 10.8 Å². The number of nitro benzene ring substituents is 1. The van der Waals surface area contributed by atoms with Crippen molar-refractivity contribution in [1.29, 1.82) is 0 Å². The molecule has 0 spiro atoms. The third kappa shape index (κ3) is 3.70. The van der Waals surface area contributed by atoms with Crippen LogP contribution in [-0.4, -0.2) is 28.1 Å². The van der Waals surface area contributed by atoms with Crippen LogP contribution in [0.4, 0.5) is 10.5 Å². The summed E-state index contributed by atoms with van der Waals surface area (Å²) in [5.74, 6) is -0.380. The lowest BCUT2D eigenvalue weighted by molar-refractivity contribution is -0.385. The van der Waals surface area contributed by atoms with Crippen LogP contribution in [0.3, 0.4) is 0 Å². The monoisotopic (exact) mass is 384 g/mol. The molecule has 1 fully saturated rings. The summed E-state index contributed by atoms with van der Waals surface area (Å²) >= 11 is 0.808. The van der Waals surface area contributed by atoms with E-state index in [0.29, 0.717) is 5.56 Å². The molecule has 0 unspecified atom stereocenters. The van der Waals surface area contributed by atoms with Crippen LogP contribution >= 0.6 is 11.8 Å². The number of thioether (sulfide) groups is 1. The summed E-state index contributed by atoms with van der Waals surface area (Å²) in [5.41, 5.74) is 2.04. The van der Waals surface area contributed by atoms with Gasteiger partial charge in [0.2, 0.25) is 5.75 Å². The Kier molecular flexibility index (Phi) is 5.27.